The van der Waals surface area contributed by atoms with Crippen molar-refractivity contribution in [1.82, 2.24) is 5.32 Å². The van der Waals surface area contributed by atoms with E-state index in [1.165, 1.54) is 7.11 Å². The number of carbonyl (C=O) groups excluding carboxylic acids is 1. The molecule has 1 aliphatic rings. The monoisotopic (exact) mass is 440 g/mol. The average Bonchev–Trinajstić information content (AvgIpc) is 3.03. The van der Waals surface area contributed by atoms with Gasteiger partial charge in [0.2, 0.25) is 0 Å². The Balaban J connectivity index is 2.04. The molecule has 5 heteroatoms. The van der Waals surface area contributed by atoms with Gasteiger partial charge in [-0.15, -0.1) is 0 Å². The second-order valence-electron chi connectivity index (χ2n) is 6.71. The van der Waals surface area contributed by atoms with Gasteiger partial charge in [0.25, 0.3) is 0 Å². The number of methoxy groups -OCH3 is 1. The third kappa shape index (κ3) is 5.00. The second-order valence-corrected chi connectivity index (χ2v) is 8.87. The Labute approximate surface area is 172 Å². The van der Waals surface area contributed by atoms with Crippen molar-refractivity contribution in [3.8, 4) is 0 Å². The van der Waals surface area contributed by atoms with Gasteiger partial charge in [0.1, 0.15) is 0 Å². The zero-order valence-electron chi connectivity index (χ0n) is 16.3. The van der Waals surface area contributed by atoms with Crippen molar-refractivity contribution in [1.29, 1.82) is 0 Å². The molecule has 0 saturated carbocycles. The quantitative estimate of drug-likeness (QED) is 0.543. The Morgan fingerprint density at radius 3 is 2.36 bits per heavy atom. The van der Waals surface area contributed by atoms with Gasteiger partial charge in [-0.25, -0.2) is 0 Å². The molecular formula is C23H24N2O2Se. The summed E-state index contributed by atoms with van der Waals surface area (Å²) >= 11 is -0.0668. The number of rotatable bonds is 6. The number of aliphatic imine (C=N–C) groups is 1. The van der Waals surface area contributed by atoms with E-state index in [1.807, 2.05) is 48.5 Å². The molecule has 0 aromatic heterocycles. The van der Waals surface area contributed by atoms with Gasteiger partial charge < -0.3 is 0 Å². The molecule has 0 aliphatic carbocycles. The summed E-state index contributed by atoms with van der Waals surface area (Å²) in [6.45, 7) is 4.85. The molecule has 3 rings (SSSR count). The van der Waals surface area contributed by atoms with E-state index in [0.717, 1.165) is 26.0 Å². The summed E-state index contributed by atoms with van der Waals surface area (Å²) in [6.07, 6.45) is 2.14. The van der Waals surface area contributed by atoms with E-state index in [2.05, 4.69) is 37.4 Å². The van der Waals surface area contributed by atoms with E-state index in [-0.39, 0.29) is 20.9 Å². The maximum atomic E-state index is 12.6. The van der Waals surface area contributed by atoms with Crippen molar-refractivity contribution < 1.29 is 9.53 Å². The topological polar surface area (TPSA) is 50.7 Å². The van der Waals surface area contributed by atoms with Crippen LogP contribution in [0.2, 0.25) is 0 Å². The number of benzene rings is 2. The van der Waals surface area contributed by atoms with Crippen molar-refractivity contribution in [2.24, 2.45) is 10.9 Å². The zero-order valence-corrected chi connectivity index (χ0v) is 18.0. The maximum absolute atomic E-state index is 12.6. The van der Waals surface area contributed by atoms with Crippen LogP contribution in [0.4, 0.5) is 5.69 Å². The van der Waals surface area contributed by atoms with Crippen molar-refractivity contribution in [3.63, 3.8) is 0 Å². The van der Waals surface area contributed by atoms with Crippen molar-refractivity contribution in [2.75, 3.05) is 7.11 Å². The summed E-state index contributed by atoms with van der Waals surface area (Å²) in [5.74, 6) is 0.0191. The van der Waals surface area contributed by atoms with E-state index in [9.17, 15) is 4.79 Å². The molecule has 0 radical (unpaired) electrons. The number of nitrogens with zero attached hydrogens (tertiary/aromatic N) is 1. The number of hydrogen-bond acceptors (Lipinski definition) is 4. The van der Waals surface area contributed by atoms with Crippen LogP contribution in [0.15, 0.2) is 87.5 Å². The van der Waals surface area contributed by atoms with E-state index in [4.69, 9.17) is 9.73 Å². The molecule has 2 aromatic carbocycles. The van der Waals surface area contributed by atoms with Gasteiger partial charge in [0.05, 0.1) is 0 Å². The van der Waals surface area contributed by atoms with Gasteiger partial charge in [-0.1, -0.05) is 0 Å². The fourth-order valence-corrected chi connectivity index (χ4v) is 5.46. The van der Waals surface area contributed by atoms with Gasteiger partial charge in [-0.05, 0) is 0 Å². The molecule has 0 bridgehead atoms. The van der Waals surface area contributed by atoms with Crippen LogP contribution in [0.25, 0.3) is 0 Å². The number of allylic oxidation sites excluding steroid dienone is 2. The van der Waals surface area contributed by atoms with E-state index in [0.29, 0.717) is 18.0 Å². The third-order valence-electron chi connectivity index (χ3n) is 4.09. The van der Waals surface area contributed by atoms with E-state index < -0.39 is 0 Å². The molecular weight excluding hydrogens is 415 g/mol. The number of nitrogens with one attached hydrogen (secondary N) is 1. The Morgan fingerprint density at radius 2 is 1.75 bits per heavy atom. The zero-order chi connectivity index (χ0) is 19.9. The molecule has 0 unspecified atom stereocenters. The molecule has 2 aromatic rings. The molecule has 0 spiro atoms. The van der Waals surface area contributed by atoms with Gasteiger partial charge in [-0.2, -0.15) is 0 Å². The molecule has 1 heterocycles. The van der Waals surface area contributed by atoms with Crippen LogP contribution < -0.4 is 5.32 Å². The van der Waals surface area contributed by atoms with Gasteiger partial charge >= 0.3 is 173 Å². The normalized spacial score (nSPS) is 16.9. The van der Waals surface area contributed by atoms with Crippen molar-refractivity contribution in [3.05, 3.63) is 88.0 Å². The summed E-state index contributed by atoms with van der Waals surface area (Å²) in [5.41, 5.74) is 3.42. The number of ether oxygens (including phenoxy) is 1. The minimum absolute atomic E-state index is 0.0668. The van der Waals surface area contributed by atoms with Crippen LogP contribution in [-0.4, -0.2) is 32.6 Å². The predicted molar refractivity (Wildman–Crippen MR) is 115 cm³/mol. The van der Waals surface area contributed by atoms with E-state index >= 15 is 0 Å². The summed E-state index contributed by atoms with van der Waals surface area (Å²) in [4.78, 5) is 17.5. The third-order valence-corrected chi connectivity index (χ3v) is 6.29. The van der Waals surface area contributed by atoms with Crippen molar-refractivity contribution >= 4 is 31.2 Å². The SMILES string of the molecule is COC(=O)C1=C(NCc2ccccc2)C(=Nc2ccccc2)[Se]/C1=C\C(C)C. The minimum atomic E-state index is -0.317. The second kappa shape index (κ2) is 9.54. The molecule has 0 atom stereocenters. The Bertz CT molecular complexity index is 916. The molecule has 144 valence electrons. The van der Waals surface area contributed by atoms with Crippen LogP contribution in [0, 0.1) is 5.92 Å². The summed E-state index contributed by atoms with van der Waals surface area (Å²) < 4.78 is 7.05. The van der Waals surface area contributed by atoms with Gasteiger partial charge in [0, 0.05) is 0 Å². The number of hydrogen-bond donors (Lipinski definition) is 1. The van der Waals surface area contributed by atoms with Crippen molar-refractivity contribution in [2.45, 2.75) is 20.4 Å². The number of para-hydroxylation sites is 1. The first-order chi connectivity index (χ1) is 13.6. The van der Waals surface area contributed by atoms with Crippen LogP contribution >= 0.6 is 0 Å². The Kier molecular flexibility index (Phi) is 6.85. The van der Waals surface area contributed by atoms with Gasteiger partial charge in [-0.3, -0.25) is 0 Å². The molecule has 1 aliphatic heterocycles. The molecule has 4 nitrogen and oxygen atoms in total. The first-order valence-electron chi connectivity index (χ1n) is 9.23. The Hall–Kier alpha value is -2.62. The number of carbonyl (C=O) groups is 1. The van der Waals surface area contributed by atoms with Crippen LogP contribution in [-0.2, 0) is 16.1 Å². The summed E-state index contributed by atoms with van der Waals surface area (Å²) in [6, 6.07) is 20.0. The standard InChI is InChI=1S/C23H24N2O2Se/c1-16(2)14-19-20(23(26)27-3)21(24-15-17-10-6-4-7-11-17)22(28-19)25-18-12-8-5-9-13-18/h4-14,16,24H,15H2,1-3H3/b19-14-,25-22?. The Morgan fingerprint density at radius 1 is 1.11 bits per heavy atom. The first kappa shape index (κ1) is 20.1. The fraction of sp³-hybridized carbons (Fsp3) is 0.217. The van der Waals surface area contributed by atoms with E-state index in [1.54, 1.807) is 0 Å². The van der Waals surface area contributed by atoms with Crippen LogP contribution in [0.1, 0.15) is 19.4 Å². The predicted octanol–water partition coefficient (Wildman–Crippen LogP) is 4.19. The summed E-state index contributed by atoms with van der Waals surface area (Å²) in [7, 11) is 1.43. The fourth-order valence-electron chi connectivity index (χ4n) is 2.81. The van der Waals surface area contributed by atoms with Gasteiger partial charge in [0.15, 0.2) is 0 Å². The van der Waals surface area contributed by atoms with Crippen LogP contribution in [0.5, 0.6) is 0 Å². The first-order valence-corrected chi connectivity index (χ1v) is 10.9. The summed E-state index contributed by atoms with van der Waals surface area (Å²) in [5, 5.41) is 3.46. The number of esters is 1. The molecule has 28 heavy (non-hydrogen) atoms. The molecule has 1 N–H and O–H groups in total. The molecule has 0 fully saturated rings. The molecule has 0 amide bonds. The average molecular weight is 439 g/mol. The van der Waals surface area contributed by atoms with Crippen LogP contribution in [0.3, 0.4) is 0 Å². The molecule has 0 saturated heterocycles.